The maximum absolute atomic E-state index is 5.85. The van der Waals surface area contributed by atoms with E-state index < -0.39 is 0 Å². The zero-order chi connectivity index (χ0) is 10.8. The first kappa shape index (κ1) is 10.3. The van der Waals surface area contributed by atoms with Gasteiger partial charge in [-0.05, 0) is 25.1 Å². The van der Waals surface area contributed by atoms with Crippen molar-refractivity contribution in [3.63, 3.8) is 0 Å². The molecule has 0 saturated heterocycles. The lowest BCUT2D eigenvalue weighted by atomic mass is 10.3. The number of halogens is 2. The van der Waals surface area contributed by atoms with E-state index in [4.69, 9.17) is 23.2 Å². The lowest BCUT2D eigenvalue weighted by Gasteiger charge is -2.02. The number of rotatable bonds is 2. The molecule has 0 fully saturated rings. The molecule has 0 saturated carbocycles. The molecule has 6 heteroatoms. The van der Waals surface area contributed by atoms with Crippen LogP contribution < -0.4 is 5.32 Å². The van der Waals surface area contributed by atoms with Gasteiger partial charge in [0.05, 0.1) is 0 Å². The second kappa shape index (κ2) is 4.08. The third-order valence-electron chi connectivity index (χ3n) is 1.72. The van der Waals surface area contributed by atoms with Gasteiger partial charge >= 0.3 is 0 Å². The average molecular weight is 243 g/mol. The molecule has 0 aliphatic rings. The van der Waals surface area contributed by atoms with Gasteiger partial charge in [-0.15, -0.1) is 5.10 Å². The van der Waals surface area contributed by atoms with E-state index in [9.17, 15) is 0 Å². The summed E-state index contributed by atoms with van der Waals surface area (Å²) in [7, 11) is 0. The zero-order valence-electron chi connectivity index (χ0n) is 7.88. The number of hydrogen-bond acceptors (Lipinski definition) is 3. The van der Waals surface area contributed by atoms with E-state index in [0.29, 0.717) is 16.0 Å². The second-order valence-electron chi connectivity index (χ2n) is 3.03. The van der Waals surface area contributed by atoms with Crippen LogP contribution in [0.15, 0.2) is 18.2 Å². The molecule has 0 unspecified atom stereocenters. The number of nitrogens with one attached hydrogen (secondary N) is 2. The Labute approximate surface area is 96.6 Å². The first-order valence-corrected chi connectivity index (χ1v) is 5.01. The summed E-state index contributed by atoms with van der Waals surface area (Å²) >= 11 is 11.7. The Hall–Kier alpha value is -1.26. The van der Waals surface area contributed by atoms with E-state index in [1.54, 1.807) is 18.2 Å². The lowest BCUT2D eigenvalue weighted by molar-refractivity contribution is 1.04. The van der Waals surface area contributed by atoms with Crippen molar-refractivity contribution in [1.29, 1.82) is 0 Å². The summed E-state index contributed by atoms with van der Waals surface area (Å²) in [5.74, 6) is 1.23. The summed E-state index contributed by atoms with van der Waals surface area (Å²) in [4.78, 5) is 4.10. The van der Waals surface area contributed by atoms with Gasteiger partial charge in [0.2, 0.25) is 5.95 Å². The average Bonchev–Trinajstić information content (AvgIpc) is 2.49. The molecule has 1 heterocycles. The summed E-state index contributed by atoms with van der Waals surface area (Å²) in [6.07, 6.45) is 0. The van der Waals surface area contributed by atoms with Gasteiger partial charge in [-0.2, -0.15) is 4.98 Å². The van der Waals surface area contributed by atoms with Gasteiger partial charge in [0.25, 0.3) is 0 Å². The maximum atomic E-state index is 5.85. The quantitative estimate of drug-likeness (QED) is 0.851. The monoisotopic (exact) mass is 242 g/mol. The highest BCUT2D eigenvalue weighted by Crippen LogP contribution is 2.23. The van der Waals surface area contributed by atoms with Crippen molar-refractivity contribution >= 4 is 34.8 Å². The third-order valence-corrected chi connectivity index (χ3v) is 2.15. The Morgan fingerprint density at radius 3 is 2.40 bits per heavy atom. The number of benzene rings is 1. The summed E-state index contributed by atoms with van der Waals surface area (Å²) in [6, 6.07) is 5.16. The van der Waals surface area contributed by atoms with Gasteiger partial charge in [0, 0.05) is 15.7 Å². The molecule has 2 N–H and O–H groups in total. The van der Waals surface area contributed by atoms with Gasteiger partial charge in [0.15, 0.2) is 0 Å². The summed E-state index contributed by atoms with van der Waals surface area (Å²) in [5.41, 5.74) is 0.756. The van der Waals surface area contributed by atoms with Crippen molar-refractivity contribution in [1.82, 2.24) is 15.2 Å². The molecule has 0 bridgehead atoms. The van der Waals surface area contributed by atoms with Crippen LogP contribution in [0.25, 0.3) is 0 Å². The molecule has 0 atom stereocenters. The third kappa shape index (κ3) is 2.61. The number of H-pyrrole nitrogens is 1. The number of aryl methyl sites for hydroxylation is 1. The maximum Gasteiger partial charge on any atom is 0.246 e. The van der Waals surface area contributed by atoms with Crippen LogP contribution in [0.4, 0.5) is 11.6 Å². The van der Waals surface area contributed by atoms with Crippen LogP contribution in [0.5, 0.6) is 0 Å². The highest BCUT2D eigenvalue weighted by Gasteiger charge is 2.02. The van der Waals surface area contributed by atoms with E-state index in [0.717, 1.165) is 11.5 Å². The Bertz CT molecular complexity index is 460. The van der Waals surface area contributed by atoms with Crippen LogP contribution in [0.1, 0.15) is 5.82 Å². The van der Waals surface area contributed by atoms with Crippen molar-refractivity contribution in [3.05, 3.63) is 34.1 Å². The van der Waals surface area contributed by atoms with Crippen LogP contribution in [-0.2, 0) is 0 Å². The minimum atomic E-state index is 0.492. The fraction of sp³-hybridized carbons (Fsp3) is 0.111. The number of anilines is 2. The minimum absolute atomic E-state index is 0.492. The largest absolute Gasteiger partial charge is 0.323 e. The number of hydrogen-bond donors (Lipinski definition) is 2. The Kier molecular flexibility index (Phi) is 2.79. The molecule has 0 amide bonds. The Morgan fingerprint density at radius 1 is 1.20 bits per heavy atom. The zero-order valence-corrected chi connectivity index (χ0v) is 9.39. The molecule has 0 radical (unpaired) electrons. The van der Waals surface area contributed by atoms with Crippen LogP contribution in [0.3, 0.4) is 0 Å². The molecule has 2 rings (SSSR count). The summed E-state index contributed by atoms with van der Waals surface area (Å²) < 4.78 is 0. The molecule has 4 nitrogen and oxygen atoms in total. The van der Waals surface area contributed by atoms with Crippen molar-refractivity contribution in [2.45, 2.75) is 6.92 Å². The second-order valence-corrected chi connectivity index (χ2v) is 3.90. The molecule has 15 heavy (non-hydrogen) atoms. The van der Waals surface area contributed by atoms with Gasteiger partial charge in [-0.3, -0.25) is 5.10 Å². The van der Waals surface area contributed by atoms with E-state index in [1.165, 1.54) is 0 Å². The smallest absolute Gasteiger partial charge is 0.246 e. The first-order chi connectivity index (χ1) is 7.13. The standard InChI is InChI=1S/C9H8Cl2N4/c1-5-12-9(15-14-5)13-8-3-6(10)2-7(11)4-8/h2-4H,1H3,(H2,12,13,14,15). The summed E-state index contributed by atoms with van der Waals surface area (Å²) in [5, 5.41) is 10.8. The first-order valence-electron chi connectivity index (χ1n) is 4.25. The topological polar surface area (TPSA) is 53.6 Å². The van der Waals surface area contributed by atoms with Gasteiger partial charge in [-0.1, -0.05) is 23.2 Å². The van der Waals surface area contributed by atoms with Crippen molar-refractivity contribution in [3.8, 4) is 0 Å². The number of aromatic nitrogens is 3. The Morgan fingerprint density at radius 2 is 1.87 bits per heavy atom. The fourth-order valence-corrected chi connectivity index (χ4v) is 1.68. The van der Waals surface area contributed by atoms with Crippen LogP contribution in [0, 0.1) is 6.92 Å². The fourth-order valence-electron chi connectivity index (χ4n) is 1.15. The highest BCUT2D eigenvalue weighted by atomic mass is 35.5. The van der Waals surface area contributed by atoms with Gasteiger partial charge in [-0.25, -0.2) is 0 Å². The normalized spacial score (nSPS) is 10.3. The molecular formula is C9H8Cl2N4. The minimum Gasteiger partial charge on any atom is -0.323 e. The van der Waals surface area contributed by atoms with E-state index in [-0.39, 0.29) is 0 Å². The van der Waals surface area contributed by atoms with Gasteiger partial charge < -0.3 is 5.32 Å². The van der Waals surface area contributed by atoms with Crippen LogP contribution in [0.2, 0.25) is 10.0 Å². The molecule has 1 aromatic carbocycles. The molecule has 78 valence electrons. The predicted octanol–water partition coefficient (Wildman–Crippen LogP) is 3.16. The molecule has 0 spiro atoms. The van der Waals surface area contributed by atoms with Crippen LogP contribution >= 0.6 is 23.2 Å². The van der Waals surface area contributed by atoms with E-state index in [2.05, 4.69) is 20.5 Å². The summed E-state index contributed by atoms with van der Waals surface area (Å²) in [6.45, 7) is 1.82. The SMILES string of the molecule is Cc1nc(Nc2cc(Cl)cc(Cl)c2)n[nH]1. The van der Waals surface area contributed by atoms with Crippen molar-refractivity contribution in [2.75, 3.05) is 5.32 Å². The molecule has 0 aliphatic heterocycles. The Balaban J connectivity index is 2.24. The predicted molar refractivity (Wildman–Crippen MR) is 60.9 cm³/mol. The van der Waals surface area contributed by atoms with Gasteiger partial charge in [0.1, 0.15) is 5.82 Å². The van der Waals surface area contributed by atoms with Crippen LogP contribution in [-0.4, -0.2) is 15.2 Å². The highest BCUT2D eigenvalue weighted by molar-refractivity contribution is 6.35. The number of nitrogens with zero attached hydrogens (tertiary/aromatic N) is 2. The van der Waals surface area contributed by atoms with E-state index in [1.807, 2.05) is 6.92 Å². The number of aromatic amines is 1. The molecular weight excluding hydrogens is 235 g/mol. The molecule has 2 aromatic rings. The molecule has 1 aromatic heterocycles. The van der Waals surface area contributed by atoms with E-state index >= 15 is 0 Å². The van der Waals surface area contributed by atoms with Crippen molar-refractivity contribution in [2.24, 2.45) is 0 Å². The lowest BCUT2D eigenvalue weighted by Crippen LogP contribution is -1.92. The van der Waals surface area contributed by atoms with Crippen molar-refractivity contribution < 1.29 is 0 Å². The molecule has 0 aliphatic carbocycles.